The van der Waals surface area contributed by atoms with Gasteiger partial charge in [-0.15, -0.1) is 5.10 Å². The first-order chi connectivity index (χ1) is 9.01. The van der Waals surface area contributed by atoms with E-state index in [1.54, 1.807) is 12.1 Å². The molecule has 0 radical (unpaired) electrons. The number of aromatic nitrogens is 2. The van der Waals surface area contributed by atoms with Crippen LogP contribution in [0.2, 0.25) is 0 Å². The van der Waals surface area contributed by atoms with Gasteiger partial charge in [-0.1, -0.05) is 19.1 Å². The highest BCUT2D eigenvalue weighted by atomic mass is 19.1. The van der Waals surface area contributed by atoms with Crippen molar-refractivity contribution < 1.29 is 4.39 Å². The van der Waals surface area contributed by atoms with Gasteiger partial charge < -0.3 is 5.32 Å². The van der Waals surface area contributed by atoms with Crippen molar-refractivity contribution >= 4 is 5.82 Å². The molecular formula is C15H18FN3. The average molecular weight is 259 g/mol. The van der Waals surface area contributed by atoms with Crippen LogP contribution in [0.4, 0.5) is 10.2 Å². The smallest absolute Gasteiger partial charge is 0.149 e. The molecule has 0 atom stereocenters. The minimum Gasteiger partial charge on any atom is -0.360 e. The highest BCUT2D eigenvalue weighted by molar-refractivity contribution is 5.40. The van der Waals surface area contributed by atoms with Crippen molar-refractivity contribution in [1.82, 2.24) is 10.2 Å². The lowest BCUT2D eigenvalue weighted by molar-refractivity contribution is 0.593. The van der Waals surface area contributed by atoms with Gasteiger partial charge in [0.2, 0.25) is 0 Å². The van der Waals surface area contributed by atoms with Crippen molar-refractivity contribution in [2.75, 3.05) is 5.32 Å². The van der Waals surface area contributed by atoms with Crippen LogP contribution in [0.3, 0.4) is 0 Å². The Kier molecular flexibility index (Phi) is 3.79. The maximum absolute atomic E-state index is 12.9. The van der Waals surface area contributed by atoms with Crippen molar-refractivity contribution in [3.63, 3.8) is 0 Å². The van der Waals surface area contributed by atoms with E-state index in [2.05, 4.69) is 15.5 Å². The van der Waals surface area contributed by atoms with Crippen LogP contribution in [-0.4, -0.2) is 10.2 Å². The first kappa shape index (κ1) is 13.5. The van der Waals surface area contributed by atoms with E-state index in [-0.39, 0.29) is 11.4 Å². The molecule has 19 heavy (non-hydrogen) atoms. The van der Waals surface area contributed by atoms with Gasteiger partial charge in [-0.3, -0.25) is 0 Å². The predicted molar refractivity (Wildman–Crippen MR) is 74.5 cm³/mol. The lowest BCUT2D eigenvalue weighted by atomic mass is 9.94. The number of hydrogen-bond acceptors (Lipinski definition) is 3. The average Bonchev–Trinajstić information content (AvgIpc) is 2.40. The number of rotatable bonds is 4. The van der Waals surface area contributed by atoms with Gasteiger partial charge in [-0.2, -0.15) is 5.10 Å². The number of hydrogen-bond donors (Lipinski definition) is 1. The Balaban J connectivity index is 2.17. The third-order valence-corrected chi connectivity index (χ3v) is 3.09. The summed E-state index contributed by atoms with van der Waals surface area (Å²) in [7, 11) is 0. The molecule has 0 amide bonds. The Morgan fingerprint density at radius 2 is 1.74 bits per heavy atom. The lowest BCUT2D eigenvalue weighted by Gasteiger charge is -2.27. The molecule has 1 aromatic heterocycles. The van der Waals surface area contributed by atoms with Crippen LogP contribution in [0.5, 0.6) is 0 Å². The van der Waals surface area contributed by atoms with Gasteiger partial charge >= 0.3 is 0 Å². The van der Waals surface area contributed by atoms with Crippen LogP contribution >= 0.6 is 0 Å². The van der Waals surface area contributed by atoms with Crippen LogP contribution in [0, 0.1) is 5.82 Å². The van der Waals surface area contributed by atoms with Crippen molar-refractivity contribution in [2.45, 2.75) is 32.7 Å². The van der Waals surface area contributed by atoms with E-state index in [0.29, 0.717) is 5.82 Å². The summed E-state index contributed by atoms with van der Waals surface area (Å²) >= 11 is 0. The maximum atomic E-state index is 12.9. The quantitative estimate of drug-likeness (QED) is 0.912. The molecule has 4 heteroatoms. The molecule has 100 valence electrons. The van der Waals surface area contributed by atoms with Crippen molar-refractivity contribution in [3.8, 4) is 0 Å². The minimum atomic E-state index is -0.337. The summed E-state index contributed by atoms with van der Waals surface area (Å²) in [5.74, 6) is 0.484. The molecule has 0 fully saturated rings. The molecule has 2 rings (SSSR count). The Morgan fingerprint density at radius 1 is 1.05 bits per heavy atom. The van der Waals surface area contributed by atoms with E-state index >= 15 is 0 Å². The first-order valence-corrected chi connectivity index (χ1v) is 6.38. The standard InChI is InChI=1S/C15H18FN3/c1-4-13-9-10-14(19-18-13)17-15(2,3)11-5-7-12(16)8-6-11/h5-10H,4H2,1-3H3,(H,17,19). The molecule has 2 aromatic rings. The Bertz CT molecular complexity index is 532. The van der Waals surface area contributed by atoms with Crippen molar-refractivity contribution in [3.05, 3.63) is 53.5 Å². The largest absolute Gasteiger partial charge is 0.360 e. The second-order valence-electron chi connectivity index (χ2n) is 5.02. The zero-order valence-electron chi connectivity index (χ0n) is 11.4. The highest BCUT2D eigenvalue weighted by Gasteiger charge is 2.20. The van der Waals surface area contributed by atoms with Gasteiger partial charge in [-0.05, 0) is 50.1 Å². The van der Waals surface area contributed by atoms with Gasteiger partial charge in [0.15, 0.2) is 0 Å². The molecule has 0 aliphatic rings. The SMILES string of the molecule is CCc1ccc(NC(C)(C)c2ccc(F)cc2)nn1. The minimum absolute atomic E-state index is 0.230. The number of benzene rings is 1. The maximum Gasteiger partial charge on any atom is 0.149 e. The fourth-order valence-electron chi connectivity index (χ4n) is 1.87. The zero-order valence-corrected chi connectivity index (χ0v) is 11.4. The summed E-state index contributed by atoms with van der Waals surface area (Å²) in [6, 6.07) is 10.3. The summed E-state index contributed by atoms with van der Waals surface area (Å²) in [6.07, 6.45) is 0.870. The molecule has 0 aliphatic heterocycles. The van der Waals surface area contributed by atoms with Crippen LogP contribution in [0.1, 0.15) is 32.0 Å². The third kappa shape index (κ3) is 3.28. The summed E-state index contributed by atoms with van der Waals surface area (Å²) in [4.78, 5) is 0. The molecular weight excluding hydrogens is 241 g/mol. The van der Waals surface area contributed by atoms with E-state index in [1.165, 1.54) is 12.1 Å². The van der Waals surface area contributed by atoms with Gasteiger partial charge in [0.05, 0.1) is 11.2 Å². The highest BCUT2D eigenvalue weighted by Crippen LogP contribution is 2.24. The Morgan fingerprint density at radius 3 is 2.26 bits per heavy atom. The van der Waals surface area contributed by atoms with Gasteiger partial charge in [0.25, 0.3) is 0 Å². The molecule has 0 saturated carbocycles. The molecule has 0 spiro atoms. The second kappa shape index (κ2) is 5.34. The van der Waals surface area contributed by atoms with Crippen LogP contribution in [0.25, 0.3) is 0 Å². The molecule has 0 saturated heterocycles. The predicted octanol–water partition coefficient (Wildman–Crippen LogP) is 3.53. The van der Waals surface area contributed by atoms with E-state index < -0.39 is 0 Å². The van der Waals surface area contributed by atoms with Crippen LogP contribution in [-0.2, 0) is 12.0 Å². The monoisotopic (exact) mass is 259 g/mol. The summed E-state index contributed by atoms with van der Waals surface area (Å²) in [5, 5.41) is 11.6. The topological polar surface area (TPSA) is 37.8 Å². The zero-order chi connectivity index (χ0) is 13.9. The number of anilines is 1. The number of nitrogens with zero attached hydrogens (tertiary/aromatic N) is 2. The normalized spacial score (nSPS) is 11.4. The summed E-state index contributed by atoms with van der Waals surface area (Å²) in [6.45, 7) is 6.09. The van der Waals surface area contributed by atoms with Gasteiger partial charge in [0.1, 0.15) is 11.6 Å². The molecule has 0 bridgehead atoms. The molecule has 1 N–H and O–H groups in total. The lowest BCUT2D eigenvalue weighted by Crippen LogP contribution is -2.28. The number of nitrogens with one attached hydrogen (secondary N) is 1. The fourth-order valence-corrected chi connectivity index (χ4v) is 1.87. The van der Waals surface area contributed by atoms with Gasteiger partial charge in [0, 0.05) is 0 Å². The van der Waals surface area contributed by atoms with E-state index in [9.17, 15) is 4.39 Å². The van der Waals surface area contributed by atoms with Crippen molar-refractivity contribution in [2.24, 2.45) is 0 Å². The molecule has 1 heterocycles. The number of aryl methyl sites for hydroxylation is 1. The molecule has 3 nitrogen and oxygen atoms in total. The van der Waals surface area contributed by atoms with E-state index in [0.717, 1.165) is 17.7 Å². The third-order valence-electron chi connectivity index (χ3n) is 3.09. The number of halogens is 1. The summed E-state index contributed by atoms with van der Waals surface area (Å²) in [5.41, 5.74) is 1.62. The van der Waals surface area contributed by atoms with Gasteiger partial charge in [-0.25, -0.2) is 4.39 Å². The van der Waals surface area contributed by atoms with E-state index in [1.807, 2.05) is 32.9 Å². The fraction of sp³-hybridized carbons (Fsp3) is 0.333. The molecule has 0 aliphatic carbocycles. The molecule has 0 unspecified atom stereocenters. The first-order valence-electron chi connectivity index (χ1n) is 6.38. The van der Waals surface area contributed by atoms with Crippen LogP contribution in [0.15, 0.2) is 36.4 Å². The van der Waals surface area contributed by atoms with Crippen LogP contribution < -0.4 is 5.32 Å². The molecule has 1 aromatic carbocycles. The second-order valence-corrected chi connectivity index (χ2v) is 5.02. The Labute approximate surface area is 112 Å². The van der Waals surface area contributed by atoms with Crippen molar-refractivity contribution in [1.29, 1.82) is 0 Å². The Hall–Kier alpha value is -1.97. The van der Waals surface area contributed by atoms with E-state index in [4.69, 9.17) is 0 Å². The summed E-state index contributed by atoms with van der Waals surface area (Å²) < 4.78 is 12.9.